The minimum atomic E-state index is -0.773. The van der Waals surface area contributed by atoms with Crippen LogP contribution < -0.4 is 0 Å². The highest BCUT2D eigenvalue weighted by Crippen LogP contribution is 2.14. The first-order valence-corrected chi connectivity index (χ1v) is 5.66. The zero-order chi connectivity index (χ0) is 12.3. The first-order valence-electron chi connectivity index (χ1n) is 5.66. The van der Waals surface area contributed by atoms with Crippen LogP contribution in [-0.2, 0) is 16.0 Å². The molecule has 1 aliphatic rings. The van der Waals surface area contributed by atoms with Gasteiger partial charge >= 0.3 is 5.97 Å². The van der Waals surface area contributed by atoms with Crippen molar-refractivity contribution in [3.05, 3.63) is 35.4 Å². The molecule has 90 valence electrons. The van der Waals surface area contributed by atoms with Gasteiger partial charge in [-0.15, -0.1) is 0 Å². The van der Waals surface area contributed by atoms with Crippen molar-refractivity contribution in [2.24, 2.45) is 10.9 Å². The van der Waals surface area contributed by atoms with E-state index in [0.29, 0.717) is 25.5 Å². The van der Waals surface area contributed by atoms with Crippen LogP contribution in [0.3, 0.4) is 0 Å². The average Bonchev–Trinajstić information content (AvgIpc) is 2.82. The van der Waals surface area contributed by atoms with Crippen molar-refractivity contribution in [2.45, 2.75) is 13.3 Å². The van der Waals surface area contributed by atoms with Crippen molar-refractivity contribution in [1.82, 2.24) is 0 Å². The van der Waals surface area contributed by atoms with E-state index in [2.05, 4.69) is 4.99 Å². The number of hydrogen-bond donors (Lipinski definition) is 1. The van der Waals surface area contributed by atoms with Gasteiger partial charge < -0.3 is 9.84 Å². The van der Waals surface area contributed by atoms with Gasteiger partial charge in [0.05, 0.1) is 12.5 Å². The molecule has 1 N–H and O–H groups in total. The smallest absolute Gasteiger partial charge is 0.306 e. The number of aliphatic imine (C=N–C) groups is 1. The summed E-state index contributed by atoms with van der Waals surface area (Å²) in [5, 5.41) is 8.88. The molecule has 1 heterocycles. The minimum Gasteiger partial charge on any atom is -0.481 e. The van der Waals surface area contributed by atoms with Crippen molar-refractivity contribution in [3.63, 3.8) is 0 Å². The van der Waals surface area contributed by atoms with Crippen LogP contribution in [0.4, 0.5) is 0 Å². The van der Waals surface area contributed by atoms with Crippen molar-refractivity contribution in [3.8, 4) is 0 Å². The zero-order valence-electron chi connectivity index (χ0n) is 9.72. The lowest BCUT2D eigenvalue weighted by molar-refractivity contribution is -0.141. The Hall–Kier alpha value is -1.84. The first-order chi connectivity index (χ1) is 8.16. The highest BCUT2D eigenvalue weighted by molar-refractivity contribution is 5.95. The van der Waals surface area contributed by atoms with Gasteiger partial charge in [0, 0.05) is 5.56 Å². The van der Waals surface area contributed by atoms with Crippen LogP contribution in [0.5, 0.6) is 0 Å². The van der Waals surface area contributed by atoms with E-state index < -0.39 is 5.97 Å². The second-order valence-electron chi connectivity index (χ2n) is 4.18. The van der Waals surface area contributed by atoms with Gasteiger partial charge in [-0.05, 0) is 24.1 Å². The number of carbonyl (C=O) groups is 1. The second-order valence-corrected chi connectivity index (χ2v) is 4.18. The molecular formula is C13H15NO3. The van der Waals surface area contributed by atoms with Gasteiger partial charge in [-0.3, -0.25) is 4.79 Å². The van der Waals surface area contributed by atoms with Crippen LogP contribution in [0.15, 0.2) is 29.3 Å². The van der Waals surface area contributed by atoms with Gasteiger partial charge in [0.2, 0.25) is 5.90 Å². The summed E-state index contributed by atoms with van der Waals surface area (Å²) in [5.74, 6) is -0.489. The molecule has 0 aromatic heterocycles. The molecule has 0 saturated heterocycles. The van der Waals surface area contributed by atoms with Gasteiger partial charge in [0.1, 0.15) is 6.61 Å². The molecule has 1 atom stereocenters. The maximum atomic E-state index is 10.8. The number of carboxylic acid groups (broad SMARTS) is 1. The number of hydrogen-bond acceptors (Lipinski definition) is 3. The number of aliphatic carboxylic acids is 1. The number of benzene rings is 1. The Morgan fingerprint density at radius 3 is 3.06 bits per heavy atom. The van der Waals surface area contributed by atoms with Crippen molar-refractivity contribution >= 4 is 11.9 Å². The van der Waals surface area contributed by atoms with Gasteiger partial charge in [0.25, 0.3) is 0 Å². The van der Waals surface area contributed by atoms with Crippen LogP contribution in [0, 0.1) is 5.92 Å². The minimum absolute atomic E-state index is 0.378. The zero-order valence-corrected chi connectivity index (χ0v) is 9.72. The Morgan fingerprint density at radius 1 is 1.59 bits per heavy atom. The molecule has 2 rings (SSSR count). The second kappa shape index (κ2) is 4.99. The van der Waals surface area contributed by atoms with Crippen LogP contribution in [0.1, 0.15) is 18.1 Å². The molecule has 0 bridgehead atoms. The predicted molar refractivity (Wildman–Crippen MR) is 64.3 cm³/mol. The molecule has 1 aliphatic heterocycles. The Labute approximate surface area is 99.9 Å². The third kappa shape index (κ3) is 2.84. The quantitative estimate of drug-likeness (QED) is 0.861. The van der Waals surface area contributed by atoms with E-state index in [9.17, 15) is 4.79 Å². The number of nitrogens with zero attached hydrogens (tertiary/aromatic N) is 1. The van der Waals surface area contributed by atoms with Crippen molar-refractivity contribution < 1.29 is 14.6 Å². The van der Waals surface area contributed by atoms with Gasteiger partial charge in [-0.1, -0.05) is 19.1 Å². The molecule has 0 spiro atoms. The van der Waals surface area contributed by atoms with E-state index in [1.807, 2.05) is 24.3 Å². The summed E-state index contributed by atoms with van der Waals surface area (Å²) in [7, 11) is 0. The lowest BCUT2D eigenvalue weighted by Crippen LogP contribution is -2.12. The molecular weight excluding hydrogens is 218 g/mol. The van der Waals surface area contributed by atoms with E-state index in [-0.39, 0.29) is 5.92 Å². The van der Waals surface area contributed by atoms with Crippen LogP contribution >= 0.6 is 0 Å². The van der Waals surface area contributed by atoms with E-state index in [1.54, 1.807) is 6.92 Å². The number of rotatable bonds is 4. The largest absolute Gasteiger partial charge is 0.481 e. The Bertz CT molecular complexity index is 454. The molecule has 1 unspecified atom stereocenters. The third-order valence-electron chi connectivity index (χ3n) is 2.72. The normalized spacial score (nSPS) is 16.2. The summed E-state index contributed by atoms with van der Waals surface area (Å²) in [4.78, 5) is 15.0. The molecule has 4 heteroatoms. The Balaban J connectivity index is 2.14. The maximum absolute atomic E-state index is 10.8. The topological polar surface area (TPSA) is 58.9 Å². The maximum Gasteiger partial charge on any atom is 0.306 e. The standard InChI is InChI=1S/C13H15NO3/c1-9(13(15)16)7-10-3-2-4-11(8-10)12-14-5-6-17-12/h2-4,8-9H,5-7H2,1H3,(H,15,16). The number of ether oxygens (including phenoxy) is 1. The van der Waals surface area contributed by atoms with Crippen LogP contribution in [-0.4, -0.2) is 30.1 Å². The third-order valence-corrected chi connectivity index (χ3v) is 2.72. The van der Waals surface area contributed by atoms with Gasteiger partial charge in [-0.25, -0.2) is 4.99 Å². The van der Waals surface area contributed by atoms with Crippen LogP contribution in [0.25, 0.3) is 0 Å². The van der Waals surface area contributed by atoms with Gasteiger partial charge in [-0.2, -0.15) is 0 Å². The Morgan fingerprint density at radius 2 is 2.41 bits per heavy atom. The highest BCUT2D eigenvalue weighted by Gasteiger charge is 2.14. The molecule has 4 nitrogen and oxygen atoms in total. The molecule has 1 aromatic carbocycles. The number of carboxylic acids is 1. The SMILES string of the molecule is CC(Cc1cccc(C2=NCCO2)c1)C(=O)O. The van der Waals surface area contributed by atoms with E-state index >= 15 is 0 Å². The first kappa shape index (κ1) is 11.6. The van der Waals surface area contributed by atoms with E-state index in [0.717, 1.165) is 11.1 Å². The predicted octanol–water partition coefficient (Wildman–Crippen LogP) is 1.73. The lowest BCUT2D eigenvalue weighted by atomic mass is 10.00. The summed E-state index contributed by atoms with van der Waals surface area (Å²) in [6, 6.07) is 7.71. The van der Waals surface area contributed by atoms with Crippen molar-refractivity contribution in [1.29, 1.82) is 0 Å². The summed E-state index contributed by atoms with van der Waals surface area (Å²) < 4.78 is 5.38. The molecule has 0 aliphatic carbocycles. The fourth-order valence-electron chi connectivity index (χ4n) is 1.78. The average molecular weight is 233 g/mol. The molecule has 1 aromatic rings. The van der Waals surface area contributed by atoms with Gasteiger partial charge in [0.15, 0.2) is 0 Å². The van der Waals surface area contributed by atoms with E-state index in [4.69, 9.17) is 9.84 Å². The fourth-order valence-corrected chi connectivity index (χ4v) is 1.78. The molecule has 0 radical (unpaired) electrons. The highest BCUT2D eigenvalue weighted by atomic mass is 16.5. The molecule has 17 heavy (non-hydrogen) atoms. The summed E-state index contributed by atoms with van der Waals surface area (Å²) in [6.07, 6.45) is 0.524. The van der Waals surface area contributed by atoms with E-state index in [1.165, 1.54) is 0 Å². The summed E-state index contributed by atoms with van der Waals surface area (Å²) >= 11 is 0. The lowest BCUT2D eigenvalue weighted by Gasteiger charge is -2.08. The summed E-state index contributed by atoms with van der Waals surface area (Å²) in [6.45, 7) is 3.04. The fraction of sp³-hybridized carbons (Fsp3) is 0.385. The Kier molecular flexibility index (Phi) is 3.42. The molecule has 0 amide bonds. The summed E-state index contributed by atoms with van der Waals surface area (Å²) in [5.41, 5.74) is 1.92. The van der Waals surface area contributed by atoms with Crippen molar-refractivity contribution in [2.75, 3.05) is 13.2 Å². The molecule has 0 saturated carbocycles. The molecule has 0 fully saturated rings. The monoisotopic (exact) mass is 233 g/mol. The van der Waals surface area contributed by atoms with Crippen LogP contribution in [0.2, 0.25) is 0 Å².